The highest BCUT2D eigenvalue weighted by atomic mass is 16.5. The van der Waals surface area contributed by atoms with Gasteiger partial charge in [-0.15, -0.1) is 0 Å². The Morgan fingerprint density at radius 2 is 1.85 bits per heavy atom. The van der Waals surface area contributed by atoms with Crippen molar-refractivity contribution in [2.45, 2.75) is 19.1 Å². The van der Waals surface area contributed by atoms with E-state index in [1.165, 1.54) is 0 Å². The molecule has 1 aliphatic heterocycles. The fourth-order valence-electron chi connectivity index (χ4n) is 4.88. The molecule has 1 unspecified atom stereocenters. The number of ether oxygens (including phenoxy) is 1. The summed E-state index contributed by atoms with van der Waals surface area (Å²) in [7, 11) is 1.64. The third-order valence-corrected chi connectivity index (χ3v) is 6.78. The third kappa shape index (κ3) is 4.70. The fourth-order valence-corrected chi connectivity index (χ4v) is 4.88. The molecule has 2 aromatic heterocycles. The number of aryl methyl sites for hydroxylation is 1. The molecular weight excluding hydrogens is 430 g/mol. The average Bonchev–Trinajstić information content (AvgIpc) is 3.19. The molecule has 4 aromatic rings. The van der Waals surface area contributed by atoms with E-state index in [4.69, 9.17) is 4.74 Å². The summed E-state index contributed by atoms with van der Waals surface area (Å²) in [6.07, 6.45) is 2.09. The number of H-pyrrole nitrogens is 1. The van der Waals surface area contributed by atoms with Crippen molar-refractivity contribution < 1.29 is 9.84 Å². The Morgan fingerprint density at radius 1 is 1.06 bits per heavy atom. The average molecular weight is 462 g/mol. The van der Waals surface area contributed by atoms with Gasteiger partial charge in [0.1, 0.15) is 5.75 Å². The zero-order chi connectivity index (χ0) is 23.5. The molecule has 1 aliphatic rings. The van der Waals surface area contributed by atoms with E-state index >= 15 is 0 Å². The summed E-state index contributed by atoms with van der Waals surface area (Å²) in [5.74, 6) is 0.762. The molecule has 1 saturated heterocycles. The number of piperazine rings is 1. The highest BCUT2D eigenvalue weighted by molar-refractivity contribution is 5.83. The number of rotatable bonds is 8. The van der Waals surface area contributed by atoms with Gasteiger partial charge in [0.2, 0.25) is 0 Å². The van der Waals surface area contributed by atoms with Crippen LogP contribution in [0.3, 0.4) is 0 Å². The van der Waals surface area contributed by atoms with Gasteiger partial charge in [-0.05, 0) is 54.9 Å². The van der Waals surface area contributed by atoms with Gasteiger partial charge >= 0.3 is 5.69 Å². The number of benzene rings is 2. The normalized spacial score (nSPS) is 16.3. The standard InChI is InChI=1S/C26H31N5O3/c1-34-19-7-8-22-21(17-19)20(9-10-27-22)25(32)18-30-15-13-29(14-16-30)11-4-12-31-24-6-3-2-5-23(24)28-26(31)33/h2-3,5-10,17,25,32H,4,11-16,18H2,1H3,(H,28,33). The number of hydrogen-bond acceptors (Lipinski definition) is 6. The smallest absolute Gasteiger partial charge is 0.326 e. The lowest BCUT2D eigenvalue weighted by Crippen LogP contribution is -2.47. The number of nitrogens with one attached hydrogen (secondary N) is 1. The number of β-amino-alcohol motifs (C(OH)–C–C–N with tert-alkyl or cyclic N) is 1. The molecule has 0 aliphatic carbocycles. The molecule has 1 atom stereocenters. The van der Waals surface area contributed by atoms with Gasteiger partial charge in [0.25, 0.3) is 0 Å². The van der Waals surface area contributed by atoms with Gasteiger partial charge in [0.05, 0.1) is 29.8 Å². The van der Waals surface area contributed by atoms with E-state index in [0.29, 0.717) is 13.1 Å². The molecule has 178 valence electrons. The molecule has 0 radical (unpaired) electrons. The van der Waals surface area contributed by atoms with E-state index in [2.05, 4.69) is 19.8 Å². The number of fused-ring (bicyclic) bond motifs is 2. The molecule has 3 heterocycles. The Bertz CT molecular complexity index is 1320. The van der Waals surface area contributed by atoms with Gasteiger partial charge in [-0.1, -0.05) is 12.1 Å². The monoisotopic (exact) mass is 461 g/mol. The third-order valence-electron chi connectivity index (χ3n) is 6.78. The molecule has 0 amide bonds. The van der Waals surface area contributed by atoms with Crippen LogP contribution in [0.4, 0.5) is 0 Å². The van der Waals surface area contributed by atoms with Gasteiger partial charge in [-0.2, -0.15) is 0 Å². The van der Waals surface area contributed by atoms with Crippen LogP contribution in [0.15, 0.2) is 59.5 Å². The zero-order valence-electron chi connectivity index (χ0n) is 19.5. The number of methoxy groups -OCH3 is 1. The van der Waals surface area contributed by atoms with Crippen molar-refractivity contribution in [2.75, 3.05) is 46.4 Å². The molecule has 2 aromatic carbocycles. The van der Waals surface area contributed by atoms with E-state index in [9.17, 15) is 9.90 Å². The van der Waals surface area contributed by atoms with Gasteiger partial charge in [-0.25, -0.2) is 4.79 Å². The van der Waals surface area contributed by atoms with E-state index in [1.54, 1.807) is 13.3 Å². The van der Waals surface area contributed by atoms with Crippen molar-refractivity contribution in [3.63, 3.8) is 0 Å². The second kappa shape index (κ2) is 9.97. The number of imidazole rings is 1. The van der Waals surface area contributed by atoms with Gasteiger partial charge in [0, 0.05) is 50.9 Å². The number of aromatic nitrogens is 3. The van der Waals surface area contributed by atoms with E-state index < -0.39 is 6.10 Å². The summed E-state index contributed by atoms with van der Waals surface area (Å²) in [6, 6.07) is 15.5. The maximum Gasteiger partial charge on any atom is 0.326 e. The van der Waals surface area contributed by atoms with Crippen LogP contribution in [0.1, 0.15) is 18.1 Å². The van der Waals surface area contributed by atoms with Crippen LogP contribution in [0.25, 0.3) is 21.9 Å². The fraction of sp³-hybridized carbons (Fsp3) is 0.385. The number of nitrogens with zero attached hydrogens (tertiary/aromatic N) is 4. The lowest BCUT2D eigenvalue weighted by Gasteiger charge is -2.35. The highest BCUT2D eigenvalue weighted by Gasteiger charge is 2.21. The van der Waals surface area contributed by atoms with Crippen LogP contribution in [0.2, 0.25) is 0 Å². The van der Waals surface area contributed by atoms with Crippen molar-refractivity contribution in [3.8, 4) is 5.75 Å². The quantitative estimate of drug-likeness (QED) is 0.420. The van der Waals surface area contributed by atoms with Crippen molar-refractivity contribution in [2.24, 2.45) is 0 Å². The molecule has 0 saturated carbocycles. The molecule has 34 heavy (non-hydrogen) atoms. The summed E-state index contributed by atoms with van der Waals surface area (Å²) in [6.45, 7) is 6.00. The SMILES string of the molecule is COc1ccc2nccc(C(O)CN3CCN(CCCn4c(=O)[nH]c5ccccc54)CC3)c2c1. The van der Waals surface area contributed by atoms with Crippen LogP contribution in [-0.4, -0.2) is 75.8 Å². The van der Waals surface area contributed by atoms with Crippen molar-refractivity contribution in [1.29, 1.82) is 0 Å². The highest BCUT2D eigenvalue weighted by Crippen LogP contribution is 2.27. The Morgan fingerprint density at radius 3 is 2.68 bits per heavy atom. The minimum atomic E-state index is -0.585. The predicted octanol–water partition coefficient (Wildman–Crippen LogP) is 2.63. The molecule has 5 rings (SSSR count). The van der Waals surface area contributed by atoms with Crippen molar-refractivity contribution >= 4 is 21.9 Å². The number of aromatic amines is 1. The second-order valence-electron chi connectivity index (χ2n) is 8.89. The zero-order valence-corrected chi connectivity index (χ0v) is 19.5. The van der Waals surface area contributed by atoms with E-state index in [1.807, 2.05) is 53.1 Å². The van der Waals surface area contributed by atoms with Crippen LogP contribution >= 0.6 is 0 Å². The lowest BCUT2D eigenvalue weighted by atomic mass is 10.0. The largest absolute Gasteiger partial charge is 0.497 e. The molecular formula is C26H31N5O3. The number of para-hydroxylation sites is 2. The summed E-state index contributed by atoms with van der Waals surface area (Å²) in [5, 5.41) is 11.9. The van der Waals surface area contributed by atoms with Crippen LogP contribution in [-0.2, 0) is 6.54 Å². The van der Waals surface area contributed by atoms with Crippen LogP contribution in [0.5, 0.6) is 5.75 Å². The summed E-state index contributed by atoms with van der Waals surface area (Å²) in [4.78, 5) is 24.3. The van der Waals surface area contributed by atoms with Crippen molar-refractivity contribution in [3.05, 3.63) is 70.8 Å². The lowest BCUT2D eigenvalue weighted by molar-refractivity contribution is 0.0724. The molecule has 2 N–H and O–H groups in total. The Balaban J connectivity index is 1.13. The molecule has 8 heteroatoms. The maximum atomic E-state index is 12.3. The van der Waals surface area contributed by atoms with Gasteiger partial charge in [0.15, 0.2) is 0 Å². The van der Waals surface area contributed by atoms with Crippen LogP contribution < -0.4 is 10.4 Å². The first-order chi connectivity index (χ1) is 16.6. The number of hydrogen-bond donors (Lipinski definition) is 2. The predicted molar refractivity (Wildman–Crippen MR) is 133 cm³/mol. The van der Waals surface area contributed by atoms with Crippen molar-refractivity contribution in [1.82, 2.24) is 24.3 Å². The Labute approximate surface area is 198 Å². The summed E-state index contributed by atoms with van der Waals surface area (Å²) < 4.78 is 7.19. The minimum absolute atomic E-state index is 0.0405. The molecule has 0 spiro atoms. The topological polar surface area (TPSA) is 86.6 Å². The molecule has 1 fully saturated rings. The van der Waals surface area contributed by atoms with Gasteiger partial charge < -0.3 is 19.7 Å². The Kier molecular flexibility index (Phi) is 6.62. The molecule has 8 nitrogen and oxygen atoms in total. The summed E-state index contributed by atoms with van der Waals surface area (Å²) >= 11 is 0. The second-order valence-corrected chi connectivity index (χ2v) is 8.89. The number of pyridine rings is 1. The van der Waals surface area contributed by atoms with Gasteiger partial charge in [-0.3, -0.25) is 14.5 Å². The first-order valence-electron chi connectivity index (χ1n) is 11.9. The van der Waals surface area contributed by atoms with E-state index in [0.717, 1.165) is 72.4 Å². The number of aliphatic hydroxyl groups is 1. The van der Waals surface area contributed by atoms with Crippen LogP contribution in [0, 0.1) is 0 Å². The minimum Gasteiger partial charge on any atom is -0.497 e. The first-order valence-corrected chi connectivity index (χ1v) is 11.9. The number of aliphatic hydroxyl groups excluding tert-OH is 1. The Hall–Kier alpha value is -3.20. The maximum absolute atomic E-state index is 12.3. The molecule has 0 bridgehead atoms. The summed E-state index contributed by atoms with van der Waals surface area (Å²) in [5.41, 5.74) is 3.56. The van der Waals surface area contributed by atoms with E-state index in [-0.39, 0.29) is 5.69 Å². The first kappa shape index (κ1) is 22.6.